The number of esters is 1. The number of anilines is 2. The first-order valence-corrected chi connectivity index (χ1v) is 13.6. The molecule has 2 aliphatic heterocycles. The quantitative estimate of drug-likeness (QED) is 0.252. The summed E-state index contributed by atoms with van der Waals surface area (Å²) in [6, 6.07) is 10.3. The summed E-state index contributed by atoms with van der Waals surface area (Å²) in [4.78, 5) is 55.5. The third kappa shape index (κ3) is 3.34. The van der Waals surface area contributed by atoms with E-state index in [1.807, 2.05) is 19.9 Å². The first-order chi connectivity index (χ1) is 18.2. The fourth-order valence-electron chi connectivity index (χ4n) is 7.32. The molecule has 194 valence electrons. The van der Waals surface area contributed by atoms with Gasteiger partial charge in [0.15, 0.2) is 0 Å². The zero-order valence-corrected chi connectivity index (χ0v) is 21.9. The number of halogens is 1. The number of allylic oxidation sites excluding steroid dienone is 2. The van der Waals surface area contributed by atoms with Crippen LogP contribution in [-0.2, 0) is 19.2 Å². The number of hydrogen-bond donors (Lipinski definition) is 0. The van der Waals surface area contributed by atoms with Crippen molar-refractivity contribution in [1.82, 2.24) is 0 Å². The van der Waals surface area contributed by atoms with Crippen molar-refractivity contribution in [2.75, 3.05) is 16.3 Å². The van der Waals surface area contributed by atoms with Gasteiger partial charge in [-0.3, -0.25) is 19.2 Å². The van der Waals surface area contributed by atoms with Gasteiger partial charge in [-0.25, -0.2) is 4.90 Å². The Labute approximate surface area is 225 Å². The number of hydrogen-bond acceptors (Lipinski definition) is 5. The molecule has 2 aromatic carbocycles. The molecule has 0 spiro atoms. The van der Waals surface area contributed by atoms with Gasteiger partial charge in [0.1, 0.15) is 5.75 Å². The summed E-state index contributed by atoms with van der Waals surface area (Å²) in [5, 5.41) is 0.562. The van der Waals surface area contributed by atoms with E-state index in [0.717, 1.165) is 12.0 Å². The molecule has 38 heavy (non-hydrogen) atoms. The number of aryl methyl sites for hydroxylation is 1. The molecule has 2 saturated carbocycles. The first-order valence-electron chi connectivity index (χ1n) is 13.2. The Hall–Kier alpha value is -3.45. The van der Waals surface area contributed by atoms with Gasteiger partial charge in [-0.15, -0.1) is 0 Å². The van der Waals surface area contributed by atoms with Gasteiger partial charge >= 0.3 is 5.97 Å². The molecule has 2 bridgehead atoms. The minimum atomic E-state index is -0.611. The normalized spacial score (nSPS) is 32.6. The van der Waals surface area contributed by atoms with E-state index in [0.29, 0.717) is 39.5 Å². The first kappa shape index (κ1) is 23.7. The molecule has 7 nitrogen and oxygen atoms in total. The molecule has 4 fully saturated rings. The van der Waals surface area contributed by atoms with Gasteiger partial charge in [0.05, 0.1) is 23.4 Å². The van der Waals surface area contributed by atoms with Crippen LogP contribution < -0.4 is 14.5 Å². The van der Waals surface area contributed by atoms with Crippen LogP contribution in [0.4, 0.5) is 11.4 Å². The predicted molar refractivity (Wildman–Crippen MR) is 141 cm³/mol. The maximum Gasteiger partial charge on any atom is 0.316 e. The van der Waals surface area contributed by atoms with Crippen molar-refractivity contribution in [2.24, 2.45) is 41.4 Å². The number of carbonyl (C=O) groups is 4. The van der Waals surface area contributed by atoms with Crippen molar-refractivity contribution < 1.29 is 23.9 Å². The maximum absolute atomic E-state index is 13.5. The summed E-state index contributed by atoms with van der Waals surface area (Å²) in [7, 11) is 0. The molecule has 8 heteroatoms. The second kappa shape index (κ2) is 8.27. The van der Waals surface area contributed by atoms with Crippen LogP contribution in [0.2, 0.25) is 5.02 Å². The number of carbonyl (C=O) groups excluding carboxylic acids is 4. The summed E-state index contributed by atoms with van der Waals surface area (Å²) in [6.45, 7) is 3.87. The highest BCUT2D eigenvalue weighted by Gasteiger charge is 2.67. The van der Waals surface area contributed by atoms with E-state index in [1.165, 1.54) is 4.90 Å². The molecule has 3 amide bonds. The number of ether oxygens (including phenoxy) is 1. The van der Waals surface area contributed by atoms with Crippen molar-refractivity contribution >= 4 is 46.7 Å². The lowest BCUT2D eigenvalue weighted by molar-refractivity contribution is -0.139. The monoisotopic (exact) mass is 530 g/mol. The number of benzene rings is 2. The third-order valence-electron chi connectivity index (χ3n) is 9.28. The third-order valence-corrected chi connectivity index (χ3v) is 9.69. The van der Waals surface area contributed by atoms with Crippen molar-refractivity contribution in [2.45, 2.75) is 26.7 Å². The van der Waals surface area contributed by atoms with Crippen LogP contribution in [0.5, 0.6) is 5.75 Å². The van der Waals surface area contributed by atoms with Gasteiger partial charge in [-0.05, 0) is 85.4 Å². The molecular formula is C30H27ClN2O5. The van der Waals surface area contributed by atoms with E-state index >= 15 is 0 Å². The molecule has 0 unspecified atom stereocenters. The van der Waals surface area contributed by atoms with Crippen LogP contribution in [-0.4, -0.2) is 30.2 Å². The molecule has 2 aromatic rings. The van der Waals surface area contributed by atoms with Crippen LogP contribution in [0.25, 0.3) is 0 Å². The lowest BCUT2D eigenvalue weighted by Gasteiger charge is -2.37. The molecule has 0 aromatic heterocycles. The Morgan fingerprint density at radius 2 is 1.63 bits per heavy atom. The molecule has 0 N–H and O–H groups in total. The zero-order chi connectivity index (χ0) is 26.5. The largest absolute Gasteiger partial charge is 0.426 e. The molecule has 2 heterocycles. The van der Waals surface area contributed by atoms with Crippen molar-refractivity contribution in [1.29, 1.82) is 0 Å². The maximum atomic E-state index is 13.5. The standard InChI is InChI=1S/C30H27ClN2O5/c1-14-10-17(38-30(37)16-11-25(34)32(13-16)24-5-3-4-22(31)15(24)2)6-9-23(14)33-28(35)26-18-7-8-19(21-12-20(18)21)27(26)29(33)36/h3-10,16,18-21,26-27H,11-13H2,1-2H3/t16-,18+,19+,20-,21+,26-,27-/m1/s1. The Morgan fingerprint density at radius 1 is 0.947 bits per heavy atom. The van der Waals surface area contributed by atoms with E-state index in [1.54, 1.807) is 35.2 Å². The van der Waals surface area contributed by atoms with E-state index in [9.17, 15) is 19.2 Å². The van der Waals surface area contributed by atoms with Gasteiger partial charge in [0.2, 0.25) is 17.7 Å². The fourth-order valence-corrected chi connectivity index (χ4v) is 7.49. The summed E-state index contributed by atoms with van der Waals surface area (Å²) < 4.78 is 5.65. The Balaban J connectivity index is 1.07. The van der Waals surface area contributed by atoms with Crippen LogP contribution in [0.3, 0.4) is 0 Å². The van der Waals surface area contributed by atoms with Gasteiger partial charge in [-0.1, -0.05) is 29.8 Å². The highest BCUT2D eigenvalue weighted by atomic mass is 35.5. The minimum Gasteiger partial charge on any atom is -0.426 e. The van der Waals surface area contributed by atoms with Crippen molar-refractivity contribution in [3.05, 3.63) is 64.7 Å². The van der Waals surface area contributed by atoms with Crippen LogP contribution in [0.1, 0.15) is 24.0 Å². The summed E-state index contributed by atoms with van der Waals surface area (Å²) >= 11 is 6.22. The second-order valence-electron chi connectivity index (χ2n) is 11.3. The molecule has 2 saturated heterocycles. The molecule has 7 atom stereocenters. The molecule has 0 radical (unpaired) electrons. The van der Waals surface area contributed by atoms with Gasteiger partial charge < -0.3 is 9.64 Å². The van der Waals surface area contributed by atoms with Crippen LogP contribution >= 0.6 is 11.6 Å². The lowest BCUT2D eigenvalue weighted by Crippen LogP contribution is -2.40. The summed E-state index contributed by atoms with van der Waals surface area (Å²) in [6.07, 6.45) is 5.50. The molecule has 8 rings (SSSR count). The van der Waals surface area contributed by atoms with Crippen molar-refractivity contribution in [3.8, 4) is 5.75 Å². The predicted octanol–water partition coefficient (Wildman–Crippen LogP) is 4.47. The van der Waals surface area contributed by atoms with Gasteiger partial charge in [-0.2, -0.15) is 0 Å². The minimum absolute atomic E-state index is 0.0553. The summed E-state index contributed by atoms with van der Waals surface area (Å²) in [5.74, 6) is -0.251. The molecular weight excluding hydrogens is 504 g/mol. The van der Waals surface area contributed by atoms with Gasteiger partial charge in [0, 0.05) is 23.7 Å². The SMILES string of the molecule is Cc1cc(OC(=O)[C@@H]2CC(=O)N(c3cccc(Cl)c3C)C2)ccc1N1C(=O)[C@@H]2[C@H]3C=C[C@@H]([C@@H]4C[C@H]34)[C@H]2C1=O. The van der Waals surface area contributed by atoms with E-state index in [-0.39, 0.29) is 54.4 Å². The Kier molecular flexibility index (Phi) is 5.15. The van der Waals surface area contributed by atoms with Gasteiger partial charge in [0.25, 0.3) is 0 Å². The second-order valence-corrected chi connectivity index (χ2v) is 11.7. The molecule has 4 aliphatic carbocycles. The highest BCUT2D eigenvalue weighted by molar-refractivity contribution is 6.31. The van der Waals surface area contributed by atoms with E-state index < -0.39 is 11.9 Å². The average Bonchev–Trinajstić information content (AvgIpc) is 3.57. The number of amides is 3. The van der Waals surface area contributed by atoms with E-state index in [2.05, 4.69) is 12.2 Å². The smallest absolute Gasteiger partial charge is 0.316 e. The zero-order valence-electron chi connectivity index (χ0n) is 21.1. The fraction of sp³-hybridized carbons (Fsp3) is 0.400. The summed E-state index contributed by atoms with van der Waals surface area (Å²) in [5.41, 5.74) is 2.70. The average molecular weight is 531 g/mol. The number of nitrogens with zero attached hydrogens (tertiary/aromatic N) is 2. The Bertz CT molecular complexity index is 1430. The Morgan fingerprint density at radius 3 is 2.29 bits per heavy atom. The van der Waals surface area contributed by atoms with Crippen LogP contribution in [0.15, 0.2) is 48.6 Å². The van der Waals surface area contributed by atoms with E-state index in [4.69, 9.17) is 16.3 Å². The number of imide groups is 1. The van der Waals surface area contributed by atoms with Crippen molar-refractivity contribution in [3.63, 3.8) is 0 Å². The number of rotatable bonds is 4. The topological polar surface area (TPSA) is 84.0 Å². The highest BCUT2D eigenvalue weighted by Crippen LogP contribution is 2.65. The lowest BCUT2D eigenvalue weighted by atomic mass is 9.63. The van der Waals surface area contributed by atoms with Crippen LogP contribution in [0, 0.1) is 55.3 Å². The molecule has 6 aliphatic rings.